The van der Waals surface area contributed by atoms with Crippen LogP contribution >= 0.6 is 0 Å². The average molecular weight is 231 g/mol. The van der Waals surface area contributed by atoms with E-state index in [1.165, 1.54) is 0 Å². The van der Waals surface area contributed by atoms with Crippen molar-refractivity contribution in [3.05, 3.63) is 0 Å². The number of hydrogen-bond donors (Lipinski definition) is 0. The summed E-state index contributed by atoms with van der Waals surface area (Å²) in [5.41, 5.74) is 0. The van der Waals surface area contributed by atoms with Crippen LogP contribution in [0.5, 0.6) is 0 Å². The Morgan fingerprint density at radius 1 is 1.00 bits per heavy atom. The lowest BCUT2D eigenvalue weighted by atomic mass is 10.1. The fourth-order valence-electron chi connectivity index (χ4n) is 2.35. The minimum Gasteiger partial charge on any atom is -1.00 e. The number of nitrogens with zero attached hydrogens (tertiary/aromatic N) is 2. The molecule has 0 amide bonds. The summed E-state index contributed by atoms with van der Waals surface area (Å²) in [6.07, 6.45) is -4.00. The monoisotopic (exact) mass is 230 g/mol. The van der Waals surface area contributed by atoms with Crippen molar-refractivity contribution in [2.45, 2.75) is 6.18 Å². The summed E-state index contributed by atoms with van der Waals surface area (Å²) in [5, 5.41) is 0. The molecule has 3 aliphatic heterocycles. The minimum atomic E-state index is -4.00. The molecule has 0 aromatic carbocycles. The first-order chi connectivity index (χ1) is 5.99. The Bertz CT molecular complexity index is 185. The lowest BCUT2D eigenvalue weighted by Gasteiger charge is -2.50. The molecule has 0 N–H and O–H groups in total. The zero-order valence-electron chi connectivity index (χ0n) is 7.86. The van der Waals surface area contributed by atoms with Crippen LogP contribution in [0.4, 0.5) is 13.2 Å². The van der Waals surface area contributed by atoms with Crippen molar-refractivity contribution in [3.8, 4) is 0 Å². The number of rotatable bonds is 1. The molecule has 3 saturated heterocycles. The van der Waals surface area contributed by atoms with Gasteiger partial charge in [0.25, 0.3) is 0 Å². The Morgan fingerprint density at radius 3 is 1.79 bits per heavy atom. The summed E-state index contributed by atoms with van der Waals surface area (Å²) in [6, 6.07) is 0. The fourth-order valence-corrected chi connectivity index (χ4v) is 2.35. The van der Waals surface area contributed by atoms with E-state index in [9.17, 15) is 13.2 Å². The molecule has 3 rings (SSSR count). The smallest absolute Gasteiger partial charge is 0.438 e. The van der Waals surface area contributed by atoms with E-state index in [1.54, 1.807) is 0 Å². The molecular weight excluding hydrogens is 217 g/mol. The van der Waals surface area contributed by atoms with E-state index in [4.69, 9.17) is 0 Å². The maximum atomic E-state index is 12.3. The van der Waals surface area contributed by atoms with Crippen molar-refractivity contribution in [1.29, 1.82) is 0 Å². The third kappa shape index (κ3) is 2.52. The van der Waals surface area contributed by atoms with Crippen LogP contribution in [0.1, 0.15) is 0 Å². The Hall–Kier alpha value is 0. The molecule has 0 aromatic rings. The molecule has 0 unspecified atom stereocenters. The molecule has 0 atom stereocenters. The summed E-state index contributed by atoms with van der Waals surface area (Å²) in [7, 11) is 0. The highest BCUT2D eigenvalue weighted by Gasteiger charge is 2.46. The molecule has 0 spiro atoms. The fraction of sp³-hybridized carbons (Fsp3) is 1.00. The van der Waals surface area contributed by atoms with Gasteiger partial charge in [0.2, 0.25) is 0 Å². The largest absolute Gasteiger partial charge is 1.00 e. The van der Waals surface area contributed by atoms with Crippen molar-refractivity contribution < 1.29 is 30.1 Å². The van der Waals surface area contributed by atoms with Gasteiger partial charge in [0.15, 0.2) is 6.54 Å². The van der Waals surface area contributed by atoms with Crippen LogP contribution in [0, 0.1) is 0 Å². The molecule has 0 aromatic heterocycles. The van der Waals surface area contributed by atoms with E-state index >= 15 is 0 Å². The summed E-state index contributed by atoms with van der Waals surface area (Å²) in [4.78, 5) is 2.25. The third-order valence-electron chi connectivity index (χ3n) is 3.19. The van der Waals surface area contributed by atoms with Crippen LogP contribution in [-0.2, 0) is 0 Å². The topological polar surface area (TPSA) is 3.24 Å². The Balaban J connectivity index is 0.000000980. The van der Waals surface area contributed by atoms with Crippen molar-refractivity contribution in [3.63, 3.8) is 0 Å². The summed E-state index contributed by atoms with van der Waals surface area (Å²) >= 11 is 0. The van der Waals surface area contributed by atoms with E-state index in [0.29, 0.717) is 19.6 Å². The van der Waals surface area contributed by atoms with E-state index in [2.05, 4.69) is 4.90 Å². The van der Waals surface area contributed by atoms with Crippen LogP contribution in [0.25, 0.3) is 0 Å². The van der Waals surface area contributed by atoms with Crippen LogP contribution in [-0.4, -0.2) is 61.4 Å². The lowest BCUT2D eigenvalue weighted by molar-refractivity contribution is -0.949. The second kappa shape index (κ2) is 3.87. The lowest BCUT2D eigenvalue weighted by Crippen LogP contribution is -3.00. The Kier molecular flexibility index (Phi) is 3.33. The van der Waals surface area contributed by atoms with Crippen molar-refractivity contribution in [2.24, 2.45) is 0 Å². The van der Waals surface area contributed by atoms with Gasteiger partial charge in [-0.25, -0.2) is 0 Å². The van der Waals surface area contributed by atoms with Gasteiger partial charge in [-0.05, 0) is 0 Å². The van der Waals surface area contributed by atoms with E-state index in [-0.39, 0.29) is 16.9 Å². The molecule has 3 heterocycles. The number of alkyl halides is 3. The molecule has 0 aliphatic carbocycles. The molecule has 3 fully saturated rings. The highest BCUT2D eigenvalue weighted by atomic mass is 35.5. The van der Waals surface area contributed by atoms with Gasteiger partial charge in [-0.3, -0.25) is 4.90 Å². The van der Waals surface area contributed by atoms with Gasteiger partial charge in [-0.15, -0.1) is 0 Å². The molecule has 2 bridgehead atoms. The zero-order valence-corrected chi connectivity index (χ0v) is 8.61. The molecule has 84 valence electrons. The van der Waals surface area contributed by atoms with Gasteiger partial charge in [-0.1, -0.05) is 0 Å². The normalized spacial score (nSPS) is 36.6. The predicted octanol–water partition coefficient (Wildman–Crippen LogP) is -2.30. The first kappa shape index (κ1) is 12.1. The van der Waals surface area contributed by atoms with Crippen LogP contribution in [0.15, 0.2) is 0 Å². The van der Waals surface area contributed by atoms with Gasteiger partial charge < -0.3 is 16.9 Å². The second-order valence-electron chi connectivity index (χ2n) is 4.13. The van der Waals surface area contributed by atoms with Crippen molar-refractivity contribution in [1.82, 2.24) is 4.90 Å². The number of piperazine rings is 3. The second-order valence-corrected chi connectivity index (χ2v) is 4.13. The first-order valence-electron chi connectivity index (χ1n) is 4.63. The van der Waals surface area contributed by atoms with Gasteiger partial charge in [-0.2, -0.15) is 13.2 Å². The highest BCUT2D eigenvalue weighted by molar-refractivity contribution is 4.71. The Morgan fingerprint density at radius 2 is 1.43 bits per heavy atom. The Labute approximate surface area is 87.7 Å². The molecule has 6 heteroatoms. The maximum absolute atomic E-state index is 12.3. The molecule has 3 aliphatic rings. The van der Waals surface area contributed by atoms with Gasteiger partial charge >= 0.3 is 6.18 Å². The quantitative estimate of drug-likeness (QED) is 0.458. The van der Waals surface area contributed by atoms with Gasteiger partial charge in [0.05, 0.1) is 19.6 Å². The van der Waals surface area contributed by atoms with E-state index in [0.717, 1.165) is 19.6 Å². The maximum Gasteiger partial charge on any atom is 0.438 e. The summed E-state index contributed by atoms with van der Waals surface area (Å²) in [6.45, 7) is 3.95. The third-order valence-corrected chi connectivity index (χ3v) is 3.19. The number of quaternary nitrogens is 1. The van der Waals surface area contributed by atoms with Crippen LogP contribution < -0.4 is 12.4 Å². The SMILES string of the molecule is FC(F)(F)C[N+]12CCN(CC1)CC2.[Cl-]. The summed E-state index contributed by atoms with van der Waals surface area (Å²) in [5.74, 6) is 0. The summed E-state index contributed by atoms with van der Waals surface area (Å²) < 4.78 is 37.1. The van der Waals surface area contributed by atoms with Crippen molar-refractivity contribution in [2.75, 3.05) is 45.8 Å². The average Bonchev–Trinajstić information content (AvgIpc) is 2.03. The first-order valence-corrected chi connectivity index (χ1v) is 4.63. The van der Waals surface area contributed by atoms with E-state index in [1.807, 2.05) is 0 Å². The van der Waals surface area contributed by atoms with Crippen LogP contribution in [0.3, 0.4) is 0 Å². The highest BCUT2D eigenvalue weighted by Crippen LogP contribution is 2.26. The van der Waals surface area contributed by atoms with Crippen LogP contribution in [0.2, 0.25) is 0 Å². The molecule has 0 saturated carbocycles. The number of halogens is 4. The standard InChI is InChI=1S/C8H14F3N2.ClH/c9-8(10,11)7-13-4-1-12(2-5-13)3-6-13;/h1-7H2;1H/q+1;/p-1. The molecular formula is C8H14ClF3N2. The molecule has 2 nitrogen and oxygen atoms in total. The van der Waals surface area contributed by atoms with E-state index < -0.39 is 12.7 Å². The zero-order chi connectivity index (χ0) is 9.53. The van der Waals surface area contributed by atoms with Gasteiger partial charge in [0, 0.05) is 19.6 Å². The number of fused-ring (bicyclic) bond motifs is 3. The van der Waals surface area contributed by atoms with Crippen molar-refractivity contribution >= 4 is 0 Å². The molecule has 14 heavy (non-hydrogen) atoms. The predicted molar refractivity (Wildman–Crippen MR) is 42.2 cm³/mol. The molecule has 0 radical (unpaired) electrons. The number of hydrogen-bond acceptors (Lipinski definition) is 1. The van der Waals surface area contributed by atoms with Gasteiger partial charge in [0.1, 0.15) is 0 Å². The minimum absolute atomic E-state index is 0.